The lowest BCUT2D eigenvalue weighted by atomic mass is 10.1. The first-order chi connectivity index (χ1) is 16.5. The van der Waals surface area contributed by atoms with Crippen molar-refractivity contribution >= 4 is 23.0 Å². The Labute approximate surface area is 197 Å². The molecule has 3 aromatic carbocycles. The summed E-state index contributed by atoms with van der Waals surface area (Å²) in [5, 5.41) is 0.381. The van der Waals surface area contributed by atoms with Crippen molar-refractivity contribution in [3.05, 3.63) is 106 Å². The van der Waals surface area contributed by atoms with Crippen molar-refractivity contribution in [1.29, 1.82) is 0 Å². The van der Waals surface area contributed by atoms with Gasteiger partial charge < -0.3 is 18.6 Å². The van der Waals surface area contributed by atoms with Crippen LogP contribution in [0.5, 0.6) is 17.2 Å². The molecule has 0 saturated carbocycles. The fraction of sp³-hybridized carbons (Fsp3) is 0.143. The Morgan fingerprint density at radius 1 is 1.00 bits per heavy atom. The number of carbonyl (C=O) groups excluding carboxylic acids is 1. The Bertz CT molecular complexity index is 1380. The molecule has 0 amide bonds. The molecule has 172 valence electrons. The van der Waals surface area contributed by atoms with E-state index in [0.717, 1.165) is 11.1 Å². The fourth-order valence-electron chi connectivity index (χ4n) is 3.38. The number of aryl methyl sites for hydroxylation is 1. The van der Waals surface area contributed by atoms with E-state index in [1.54, 1.807) is 62.4 Å². The standard InChI is InChI=1S/C28H24O6/c1-4-19-6-8-20(9-7-19)17-32-23-14-15-24-25(16-23)33-18(3)27(26(24)29)34-22-12-10-21(11-13-22)28(30)31-5-2/h4,6-16H,1,5,17H2,2-3H3. The van der Waals surface area contributed by atoms with E-state index in [0.29, 0.717) is 47.0 Å². The second kappa shape index (κ2) is 10.1. The monoisotopic (exact) mass is 456 g/mol. The molecule has 34 heavy (non-hydrogen) atoms. The minimum Gasteiger partial charge on any atom is -0.489 e. The van der Waals surface area contributed by atoms with E-state index in [1.807, 2.05) is 24.3 Å². The van der Waals surface area contributed by atoms with Crippen LogP contribution in [0.25, 0.3) is 17.0 Å². The van der Waals surface area contributed by atoms with Gasteiger partial charge in [-0.3, -0.25) is 4.79 Å². The molecule has 0 saturated heterocycles. The number of hydrogen-bond donors (Lipinski definition) is 0. The van der Waals surface area contributed by atoms with Gasteiger partial charge in [-0.2, -0.15) is 0 Å². The summed E-state index contributed by atoms with van der Waals surface area (Å²) in [4.78, 5) is 24.9. The molecule has 0 spiro atoms. The molecule has 0 aliphatic heterocycles. The number of carbonyl (C=O) groups is 1. The highest BCUT2D eigenvalue weighted by Crippen LogP contribution is 2.28. The summed E-state index contributed by atoms with van der Waals surface area (Å²) in [7, 11) is 0. The highest BCUT2D eigenvalue weighted by molar-refractivity contribution is 5.89. The molecule has 0 N–H and O–H groups in total. The molecule has 0 radical (unpaired) electrons. The van der Waals surface area contributed by atoms with Gasteiger partial charge in [-0.15, -0.1) is 0 Å². The van der Waals surface area contributed by atoms with E-state index in [-0.39, 0.29) is 11.2 Å². The van der Waals surface area contributed by atoms with Gasteiger partial charge in [0.2, 0.25) is 11.2 Å². The van der Waals surface area contributed by atoms with Crippen molar-refractivity contribution in [1.82, 2.24) is 0 Å². The number of fused-ring (bicyclic) bond motifs is 1. The molecule has 1 aromatic heterocycles. The van der Waals surface area contributed by atoms with Crippen molar-refractivity contribution in [2.24, 2.45) is 0 Å². The molecule has 0 bridgehead atoms. The van der Waals surface area contributed by atoms with Crippen LogP contribution in [0.4, 0.5) is 0 Å². The summed E-state index contributed by atoms with van der Waals surface area (Å²) >= 11 is 0. The third-order valence-corrected chi connectivity index (χ3v) is 5.19. The summed E-state index contributed by atoms with van der Waals surface area (Å²) in [6, 6.07) is 19.4. The van der Waals surface area contributed by atoms with Crippen LogP contribution in [0.15, 0.2) is 82.5 Å². The molecular weight excluding hydrogens is 432 g/mol. The Balaban J connectivity index is 1.52. The van der Waals surface area contributed by atoms with Crippen molar-refractivity contribution in [2.75, 3.05) is 6.61 Å². The molecule has 4 rings (SSSR count). The molecule has 0 atom stereocenters. The third-order valence-electron chi connectivity index (χ3n) is 5.19. The molecule has 0 aliphatic carbocycles. The largest absolute Gasteiger partial charge is 0.489 e. The zero-order valence-electron chi connectivity index (χ0n) is 19.0. The Kier molecular flexibility index (Phi) is 6.78. The first-order valence-corrected chi connectivity index (χ1v) is 10.8. The van der Waals surface area contributed by atoms with Gasteiger partial charge in [0.15, 0.2) is 0 Å². The normalized spacial score (nSPS) is 10.6. The van der Waals surface area contributed by atoms with Gasteiger partial charge in [0.25, 0.3) is 0 Å². The molecule has 1 heterocycles. The molecule has 0 unspecified atom stereocenters. The number of esters is 1. The minimum absolute atomic E-state index is 0.0901. The summed E-state index contributed by atoms with van der Waals surface area (Å²) < 4.78 is 22.5. The SMILES string of the molecule is C=Cc1ccc(COc2ccc3c(=O)c(Oc4ccc(C(=O)OCC)cc4)c(C)oc3c2)cc1. The van der Waals surface area contributed by atoms with Gasteiger partial charge in [-0.25, -0.2) is 4.79 Å². The van der Waals surface area contributed by atoms with Gasteiger partial charge in [-0.05, 0) is 61.4 Å². The van der Waals surface area contributed by atoms with Crippen LogP contribution in [0.3, 0.4) is 0 Å². The van der Waals surface area contributed by atoms with Crippen LogP contribution >= 0.6 is 0 Å². The zero-order valence-corrected chi connectivity index (χ0v) is 19.0. The van der Waals surface area contributed by atoms with E-state index in [4.69, 9.17) is 18.6 Å². The van der Waals surface area contributed by atoms with E-state index >= 15 is 0 Å². The predicted octanol–water partition coefficient (Wildman–Crippen LogP) is 6.29. The Morgan fingerprint density at radius 3 is 2.38 bits per heavy atom. The average molecular weight is 456 g/mol. The zero-order chi connectivity index (χ0) is 24.1. The third kappa shape index (κ3) is 5.02. The first-order valence-electron chi connectivity index (χ1n) is 10.8. The van der Waals surface area contributed by atoms with Crippen LogP contribution in [0.2, 0.25) is 0 Å². The molecular formula is C28H24O6. The van der Waals surface area contributed by atoms with E-state index in [1.165, 1.54) is 0 Å². The first kappa shape index (κ1) is 22.9. The van der Waals surface area contributed by atoms with Crippen molar-refractivity contribution in [3.63, 3.8) is 0 Å². The maximum Gasteiger partial charge on any atom is 0.338 e. The van der Waals surface area contributed by atoms with Crippen molar-refractivity contribution in [2.45, 2.75) is 20.5 Å². The lowest BCUT2D eigenvalue weighted by Gasteiger charge is -2.11. The van der Waals surface area contributed by atoms with Crippen molar-refractivity contribution < 1.29 is 23.4 Å². The lowest BCUT2D eigenvalue weighted by Crippen LogP contribution is -2.08. The second-order valence-corrected chi connectivity index (χ2v) is 7.56. The van der Waals surface area contributed by atoms with Gasteiger partial charge in [0, 0.05) is 6.07 Å². The lowest BCUT2D eigenvalue weighted by molar-refractivity contribution is 0.0526. The number of benzene rings is 3. The van der Waals surface area contributed by atoms with Gasteiger partial charge >= 0.3 is 5.97 Å². The topological polar surface area (TPSA) is 75.0 Å². The van der Waals surface area contributed by atoms with Crippen molar-refractivity contribution in [3.8, 4) is 17.2 Å². The van der Waals surface area contributed by atoms with Crippen LogP contribution in [0, 0.1) is 6.92 Å². The summed E-state index contributed by atoms with van der Waals surface area (Å²) in [5.41, 5.74) is 2.58. The molecule has 6 heteroatoms. The van der Waals surface area contributed by atoms with Crippen LogP contribution in [-0.4, -0.2) is 12.6 Å². The molecule has 0 fully saturated rings. The van der Waals surface area contributed by atoms with E-state index in [9.17, 15) is 9.59 Å². The molecule has 6 nitrogen and oxygen atoms in total. The number of rotatable bonds is 8. The van der Waals surface area contributed by atoms with Crippen LogP contribution in [-0.2, 0) is 11.3 Å². The smallest absolute Gasteiger partial charge is 0.338 e. The highest BCUT2D eigenvalue weighted by atomic mass is 16.5. The maximum absolute atomic E-state index is 13.1. The maximum atomic E-state index is 13.1. The summed E-state index contributed by atoms with van der Waals surface area (Å²) in [5.74, 6) is 1.01. The van der Waals surface area contributed by atoms with Crippen LogP contribution in [0.1, 0.15) is 34.2 Å². The fourth-order valence-corrected chi connectivity index (χ4v) is 3.38. The van der Waals surface area contributed by atoms with E-state index in [2.05, 4.69) is 6.58 Å². The number of ether oxygens (including phenoxy) is 3. The highest BCUT2D eigenvalue weighted by Gasteiger charge is 2.15. The average Bonchev–Trinajstić information content (AvgIpc) is 2.86. The van der Waals surface area contributed by atoms with E-state index < -0.39 is 5.97 Å². The van der Waals surface area contributed by atoms with Gasteiger partial charge in [-0.1, -0.05) is 36.9 Å². The Hall–Kier alpha value is -4.32. The number of hydrogen-bond acceptors (Lipinski definition) is 6. The molecule has 4 aromatic rings. The summed E-state index contributed by atoms with van der Waals surface area (Å²) in [6.45, 7) is 7.84. The quantitative estimate of drug-likeness (QED) is 0.290. The second-order valence-electron chi connectivity index (χ2n) is 7.56. The minimum atomic E-state index is -0.415. The Morgan fingerprint density at radius 2 is 1.71 bits per heavy atom. The van der Waals surface area contributed by atoms with Gasteiger partial charge in [0.05, 0.1) is 17.6 Å². The summed E-state index contributed by atoms with van der Waals surface area (Å²) in [6.07, 6.45) is 1.79. The molecule has 0 aliphatic rings. The van der Waals surface area contributed by atoms with Gasteiger partial charge in [0.1, 0.15) is 29.4 Å². The van der Waals surface area contributed by atoms with Crippen LogP contribution < -0.4 is 14.9 Å². The predicted molar refractivity (Wildman–Crippen MR) is 131 cm³/mol.